The highest BCUT2D eigenvalue weighted by Gasteiger charge is 2.20. The van der Waals surface area contributed by atoms with Crippen LogP contribution < -0.4 is 0 Å². The minimum absolute atomic E-state index is 0.323. The van der Waals surface area contributed by atoms with Crippen LogP contribution in [-0.4, -0.2) is 9.96 Å². The van der Waals surface area contributed by atoms with Gasteiger partial charge in [0.1, 0.15) is 11.4 Å². The van der Waals surface area contributed by atoms with Gasteiger partial charge in [0.15, 0.2) is 5.76 Å². The lowest BCUT2D eigenvalue weighted by atomic mass is 10.1. The Morgan fingerprint density at radius 2 is 1.90 bits per heavy atom. The molecule has 0 spiro atoms. The Labute approximate surface area is 129 Å². The quantitative estimate of drug-likeness (QED) is 0.677. The Morgan fingerprint density at radius 3 is 2.57 bits per heavy atom. The number of hydrogen-bond donors (Lipinski definition) is 0. The molecule has 1 aromatic heterocycles. The molecule has 21 heavy (non-hydrogen) atoms. The molecule has 1 atom stereocenters. The van der Waals surface area contributed by atoms with E-state index in [0.717, 1.165) is 5.39 Å². The first kappa shape index (κ1) is 14.3. The standard InChI is InChI=1S/C16H12ClFO2S/c1-2-21(19)16-13-9-11(17)5-8-14(13)20-15(16)10-3-6-12(18)7-4-10/h3-9H,2H2,1H3/t21-/m0/s1. The summed E-state index contributed by atoms with van der Waals surface area (Å²) in [6.07, 6.45) is 0. The third kappa shape index (κ3) is 2.61. The van der Waals surface area contributed by atoms with E-state index in [1.54, 1.807) is 30.3 Å². The molecule has 0 amide bonds. The van der Waals surface area contributed by atoms with Crippen molar-refractivity contribution in [2.45, 2.75) is 11.8 Å². The second-order valence-corrected chi connectivity index (χ2v) is 6.65. The van der Waals surface area contributed by atoms with Gasteiger partial charge in [-0.2, -0.15) is 0 Å². The van der Waals surface area contributed by atoms with E-state index in [4.69, 9.17) is 16.0 Å². The molecule has 0 saturated heterocycles. The molecule has 3 rings (SSSR count). The molecular formula is C16H12ClFO2S. The van der Waals surface area contributed by atoms with Crippen LogP contribution in [0.1, 0.15) is 6.92 Å². The first-order chi connectivity index (χ1) is 10.1. The highest BCUT2D eigenvalue weighted by Crippen LogP contribution is 2.37. The molecule has 5 heteroatoms. The fourth-order valence-electron chi connectivity index (χ4n) is 2.21. The van der Waals surface area contributed by atoms with Crippen molar-refractivity contribution in [1.82, 2.24) is 0 Å². The van der Waals surface area contributed by atoms with Gasteiger partial charge in [-0.25, -0.2) is 4.39 Å². The van der Waals surface area contributed by atoms with Crippen LogP contribution >= 0.6 is 11.6 Å². The lowest BCUT2D eigenvalue weighted by Crippen LogP contribution is -1.95. The number of fused-ring (bicyclic) bond motifs is 1. The summed E-state index contributed by atoms with van der Waals surface area (Å²) < 4.78 is 31.3. The second kappa shape index (κ2) is 5.62. The minimum atomic E-state index is -1.21. The molecule has 0 bridgehead atoms. The zero-order valence-electron chi connectivity index (χ0n) is 11.2. The third-order valence-corrected chi connectivity index (χ3v) is 4.82. The zero-order chi connectivity index (χ0) is 15.0. The Balaban J connectivity index is 2.30. The van der Waals surface area contributed by atoms with Crippen molar-refractivity contribution in [1.29, 1.82) is 0 Å². The van der Waals surface area contributed by atoms with Crippen LogP contribution in [0, 0.1) is 5.82 Å². The van der Waals surface area contributed by atoms with E-state index in [-0.39, 0.29) is 5.82 Å². The van der Waals surface area contributed by atoms with Crippen molar-refractivity contribution < 1.29 is 13.0 Å². The molecule has 0 fully saturated rings. The van der Waals surface area contributed by atoms with Gasteiger partial charge in [-0.1, -0.05) is 18.5 Å². The first-order valence-electron chi connectivity index (χ1n) is 6.46. The van der Waals surface area contributed by atoms with Crippen LogP contribution in [-0.2, 0) is 10.8 Å². The molecule has 0 aliphatic carbocycles. The van der Waals surface area contributed by atoms with Gasteiger partial charge in [0.2, 0.25) is 0 Å². The molecule has 0 saturated carbocycles. The summed E-state index contributed by atoms with van der Waals surface area (Å²) in [5.74, 6) is 0.651. The van der Waals surface area contributed by atoms with Gasteiger partial charge in [0.05, 0.1) is 15.7 Å². The summed E-state index contributed by atoms with van der Waals surface area (Å²) >= 11 is 6.02. The van der Waals surface area contributed by atoms with E-state index in [1.807, 2.05) is 6.92 Å². The van der Waals surface area contributed by atoms with Crippen molar-refractivity contribution in [3.63, 3.8) is 0 Å². The Kier molecular flexibility index (Phi) is 3.83. The highest BCUT2D eigenvalue weighted by molar-refractivity contribution is 7.85. The average molecular weight is 323 g/mol. The number of halogens is 2. The van der Waals surface area contributed by atoms with Crippen LogP contribution in [0.4, 0.5) is 4.39 Å². The lowest BCUT2D eigenvalue weighted by molar-refractivity contribution is 0.618. The Bertz CT molecular complexity index is 824. The Morgan fingerprint density at radius 1 is 1.19 bits per heavy atom. The maximum atomic E-state index is 13.1. The summed E-state index contributed by atoms with van der Waals surface area (Å²) in [6.45, 7) is 1.84. The van der Waals surface area contributed by atoms with Gasteiger partial charge in [0.25, 0.3) is 0 Å². The summed E-state index contributed by atoms with van der Waals surface area (Å²) in [7, 11) is -1.21. The fourth-order valence-corrected chi connectivity index (χ4v) is 3.44. The normalized spacial score (nSPS) is 12.7. The van der Waals surface area contributed by atoms with Crippen molar-refractivity contribution in [3.05, 3.63) is 53.3 Å². The summed E-state index contributed by atoms with van der Waals surface area (Å²) in [6, 6.07) is 11.2. The predicted molar refractivity (Wildman–Crippen MR) is 83.6 cm³/mol. The number of furan rings is 1. The fraction of sp³-hybridized carbons (Fsp3) is 0.125. The molecule has 2 aromatic carbocycles. The van der Waals surface area contributed by atoms with Crippen LogP contribution in [0.3, 0.4) is 0 Å². The molecule has 3 aromatic rings. The summed E-state index contributed by atoms with van der Waals surface area (Å²) in [5, 5.41) is 1.30. The molecule has 0 unspecified atom stereocenters. The topological polar surface area (TPSA) is 30.2 Å². The Hall–Kier alpha value is -1.65. The minimum Gasteiger partial charge on any atom is -0.455 e. The van der Waals surface area contributed by atoms with Crippen LogP contribution in [0.15, 0.2) is 51.8 Å². The van der Waals surface area contributed by atoms with Gasteiger partial charge in [-0.15, -0.1) is 0 Å². The van der Waals surface area contributed by atoms with E-state index in [9.17, 15) is 8.60 Å². The summed E-state index contributed by atoms with van der Waals surface area (Å²) in [5.41, 5.74) is 1.32. The number of rotatable bonds is 3. The molecule has 2 nitrogen and oxygen atoms in total. The van der Waals surface area contributed by atoms with E-state index >= 15 is 0 Å². The van der Waals surface area contributed by atoms with E-state index in [0.29, 0.717) is 32.6 Å². The third-order valence-electron chi connectivity index (χ3n) is 3.20. The van der Waals surface area contributed by atoms with Crippen molar-refractivity contribution in [2.75, 3.05) is 5.75 Å². The maximum absolute atomic E-state index is 13.1. The molecule has 1 heterocycles. The lowest BCUT2D eigenvalue weighted by Gasteiger charge is -2.02. The number of hydrogen-bond acceptors (Lipinski definition) is 2. The van der Waals surface area contributed by atoms with Crippen molar-refractivity contribution in [2.24, 2.45) is 0 Å². The van der Waals surface area contributed by atoms with Crippen LogP contribution in [0.2, 0.25) is 5.02 Å². The van der Waals surface area contributed by atoms with Crippen molar-refractivity contribution >= 4 is 33.4 Å². The molecule has 0 radical (unpaired) electrons. The number of benzene rings is 2. The van der Waals surface area contributed by atoms with Gasteiger partial charge >= 0.3 is 0 Å². The highest BCUT2D eigenvalue weighted by atomic mass is 35.5. The second-order valence-electron chi connectivity index (χ2n) is 4.54. The van der Waals surface area contributed by atoms with E-state index in [1.165, 1.54) is 12.1 Å². The van der Waals surface area contributed by atoms with Gasteiger partial charge in [-0.3, -0.25) is 4.21 Å². The van der Waals surface area contributed by atoms with Gasteiger partial charge < -0.3 is 4.42 Å². The smallest absolute Gasteiger partial charge is 0.151 e. The summed E-state index contributed by atoms with van der Waals surface area (Å²) in [4.78, 5) is 0.613. The van der Waals surface area contributed by atoms with Crippen LogP contribution in [0.25, 0.3) is 22.3 Å². The van der Waals surface area contributed by atoms with Gasteiger partial charge in [0, 0.05) is 21.7 Å². The van der Waals surface area contributed by atoms with E-state index < -0.39 is 10.8 Å². The molecule has 0 aliphatic rings. The molecule has 108 valence electrons. The van der Waals surface area contributed by atoms with Crippen LogP contribution in [0.5, 0.6) is 0 Å². The molecule has 0 N–H and O–H groups in total. The monoisotopic (exact) mass is 322 g/mol. The van der Waals surface area contributed by atoms with E-state index in [2.05, 4.69) is 0 Å². The average Bonchev–Trinajstić information content (AvgIpc) is 2.85. The van der Waals surface area contributed by atoms with Gasteiger partial charge in [-0.05, 0) is 42.5 Å². The predicted octanol–water partition coefficient (Wildman–Crippen LogP) is 5.02. The zero-order valence-corrected chi connectivity index (χ0v) is 12.8. The molecule has 0 aliphatic heterocycles. The first-order valence-corrected chi connectivity index (χ1v) is 8.16. The molecular weight excluding hydrogens is 311 g/mol. The van der Waals surface area contributed by atoms with Crippen molar-refractivity contribution in [3.8, 4) is 11.3 Å². The SMILES string of the molecule is CC[S@](=O)c1c(-c2ccc(F)cc2)oc2ccc(Cl)cc12. The maximum Gasteiger partial charge on any atom is 0.151 e. The largest absolute Gasteiger partial charge is 0.455 e.